The van der Waals surface area contributed by atoms with Crippen molar-refractivity contribution in [2.45, 2.75) is 64.3 Å². The predicted octanol–water partition coefficient (Wildman–Crippen LogP) is 2.70. The van der Waals surface area contributed by atoms with Crippen molar-refractivity contribution in [2.24, 2.45) is 11.8 Å². The zero-order valence-corrected chi connectivity index (χ0v) is 9.33. The summed E-state index contributed by atoms with van der Waals surface area (Å²) in [7, 11) is 0. The van der Waals surface area contributed by atoms with Gasteiger partial charge in [-0.15, -0.1) is 0 Å². The maximum Gasteiger partial charge on any atom is 0.155 e. The Kier molecular flexibility index (Phi) is 2.85. The zero-order chi connectivity index (χ0) is 10.2. The van der Waals surface area contributed by atoms with Crippen molar-refractivity contribution < 1.29 is 9.84 Å². The van der Waals surface area contributed by atoms with Gasteiger partial charge in [0.15, 0.2) is 6.29 Å². The molecule has 0 radical (unpaired) electrons. The van der Waals surface area contributed by atoms with Crippen LogP contribution in [0.2, 0.25) is 0 Å². The maximum absolute atomic E-state index is 9.62. The predicted molar refractivity (Wildman–Crippen MR) is 55.9 cm³/mol. The van der Waals surface area contributed by atoms with Gasteiger partial charge in [-0.25, -0.2) is 0 Å². The third-order valence-electron chi connectivity index (χ3n) is 4.24. The largest absolute Gasteiger partial charge is 0.368 e. The minimum absolute atomic E-state index is 0.0261. The van der Waals surface area contributed by atoms with E-state index < -0.39 is 6.29 Å². The SMILES string of the molecule is CCC(O)OC1(CC)CC2CCC1C2. The van der Waals surface area contributed by atoms with Crippen LogP contribution in [0.4, 0.5) is 0 Å². The van der Waals surface area contributed by atoms with Crippen molar-refractivity contribution in [1.29, 1.82) is 0 Å². The van der Waals surface area contributed by atoms with Crippen LogP contribution in [0.25, 0.3) is 0 Å². The monoisotopic (exact) mass is 198 g/mol. The lowest BCUT2D eigenvalue weighted by atomic mass is 9.82. The molecule has 0 spiro atoms. The molecule has 0 amide bonds. The Bertz CT molecular complexity index is 204. The fraction of sp³-hybridized carbons (Fsp3) is 1.00. The van der Waals surface area contributed by atoms with Crippen LogP contribution >= 0.6 is 0 Å². The van der Waals surface area contributed by atoms with Crippen molar-refractivity contribution in [1.82, 2.24) is 0 Å². The minimum atomic E-state index is -0.547. The van der Waals surface area contributed by atoms with Crippen LogP contribution in [0.1, 0.15) is 52.4 Å². The molecule has 2 heteroatoms. The molecule has 2 aliphatic carbocycles. The fourth-order valence-electron chi connectivity index (χ4n) is 3.41. The van der Waals surface area contributed by atoms with Crippen molar-refractivity contribution in [2.75, 3.05) is 0 Å². The summed E-state index contributed by atoms with van der Waals surface area (Å²) < 4.78 is 5.89. The van der Waals surface area contributed by atoms with Gasteiger partial charge in [0.25, 0.3) is 0 Å². The second kappa shape index (κ2) is 3.82. The van der Waals surface area contributed by atoms with Gasteiger partial charge in [0.05, 0.1) is 5.60 Å². The summed E-state index contributed by atoms with van der Waals surface area (Å²) in [6, 6.07) is 0. The van der Waals surface area contributed by atoms with Gasteiger partial charge in [-0.2, -0.15) is 0 Å². The quantitative estimate of drug-likeness (QED) is 0.704. The lowest BCUT2D eigenvalue weighted by molar-refractivity contribution is -0.206. The minimum Gasteiger partial charge on any atom is -0.368 e. The van der Waals surface area contributed by atoms with Crippen molar-refractivity contribution in [3.63, 3.8) is 0 Å². The lowest BCUT2D eigenvalue weighted by Crippen LogP contribution is -2.41. The van der Waals surface area contributed by atoms with E-state index in [1.807, 2.05) is 6.92 Å². The van der Waals surface area contributed by atoms with Gasteiger partial charge in [-0.3, -0.25) is 0 Å². The average molecular weight is 198 g/mol. The molecule has 4 unspecified atom stereocenters. The van der Waals surface area contributed by atoms with Crippen LogP contribution < -0.4 is 0 Å². The molecule has 2 bridgehead atoms. The Morgan fingerprint density at radius 2 is 2.21 bits per heavy atom. The van der Waals surface area contributed by atoms with Gasteiger partial charge < -0.3 is 9.84 Å². The number of ether oxygens (including phenoxy) is 1. The highest BCUT2D eigenvalue weighted by molar-refractivity contribution is 5.01. The Morgan fingerprint density at radius 3 is 2.64 bits per heavy atom. The molecule has 1 N–H and O–H groups in total. The summed E-state index contributed by atoms with van der Waals surface area (Å²) in [6.07, 6.45) is 6.45. The number of rotatable bonds is 4. The molecule has 0 heterocycles. The molecule has 2 fully saturated rings. The third-order valence-corrected chi connectivity index (χ3v) is 4.24. The van der Waals surface area contributed by atoms with Crippen molar-refractivity contribution in [3.05, 3.63) is 0 Å². The van der Waals surface area contributed by atoms with E-state index in [4.69, 9.17) is 4.74 Å². The van der Waals surface area contributed by atoms with Crippen molar-refractivity contribution in [3.8, 4) is 0 Å². The molecule has 14 heavy (non-hydrogen) atoms. The molecule has 2 saturated carbocycles. The topological polar surface area (TPSA) is 29.5 Å². The van der Waals surface area contributed by atoms with E-state index in [9.17, 15) is 5.11 Å². The van der Waals surface area contributed by atoms with Gasteiger partial charge >= 0.3 is 0 Å². The van der Waals surface area contributed by atoms with E-state index in [1.54, 1.807) is 0 Å². The first-order valence-corrected chi connectivity index (χ1v) is 6.06. The molecule has 2 nitrogen and oxygen atoms in total. The first-order valence-electron chi connectivity index (χ1n) is 6.06. The first kappa shape index (κ1) is 10.4. The summed E-state index contributed by atoms with van der Waals surface area (Å²) in [5, 5.41) is 9.62. The fourth-order valence-corrected chi connectivity index (χ4v) is 3.41. The molecular formula is C12H22O2. The van der Waals surface area contributed by atoms with E-state index >= 15 is 0 Å². The summed E-state index contributed by atoms with van der Waals surface area (Å²) in [4.78, 5) is 0. The Hall–Kier alpha value is -0.0800. The van der Waals surface area contributed by atoms with E-state index in [0.717, 1.165) is 18.3 Å². The molecule has 0 aromatic rings. The molecule has 0 aromatic carbocycles. The molecular weight excluding hydrogens is 176 g/mol. The van der Waals surface area contributed by atoms with E-state index in [0.29, 0.717) is 6.42 Å². The van der Waals surface area contributed by atoms with Gasteiger partial charge in [-0.1, -0.05) is 13.8 Å². The van der Waals surface area contributed by atoms with Crippen LogP contribution in [0, 0.1) is 11.8 Å². The van der Waals surface area contributed by atoms with Crippen LogP contribution in [0.3, 0.4) is 0 Å². The van der Waals surface area contributed by atoms with E-state index in [1.165, 1.54) is 25.7 Å². The van der Waals surface area contributed by atoms with Crippen LogP contribution in [-0.4, -0.2) is 17.0 Å². The number of hydrogen-bond acceptors (Lipinski definition) is 2. The molecule has 0 aliphatic heterocycles. The van der Waals surface area contributed by atoms with Crippen LogP contribution in [-0.2, 0) is 4.74 Å². The normalized spacial score (nSPS) is 43.1. The number of aliphatic hydroxyl groups is 1. The Morgan fingerprint density at radius 1 is 1.43 bits per heavy atom. The number of hydrogen-bond donors (Lipinski definition) is 1. The van der Waals surface area contributed by atoms with Crippen molar-refractivity contribution >= 4 is 0 Å². The average Bonchev–Trinajstić information content (AvgIpc) is 2.77. The first-order chi connectivity index (χ1) is 6.70. The summed E-state index contributed by atoms with van der Waals surface area (Å²) in [6.45, 7) is 4.17. The highest BCUT2D eigenvalue weighted by Gasteiger charge is 2.51. The smallest absolute Gasteiger partial charge is 0.155 e. The summed E-state index contributed by atoms with van der Waals surface area (Å²) in [5.41, 5.74) is 0.0261. The Labute approximate surface area is 86.6 Å². The summed E-state index contributed by atoms with van der Waals surface area (Å²) in [5.74, 6) is 1.60. The van der Waals surface area contributed by atoms with Crippen LogP contribution in [0.15, 0.2) is 0 Å². The van der Waals surface area contributed by atoms with Gasteiger partial charge in [-0.05, 0) is 50.4 Å². The molecule has 0 aromatic heterocycles. The second-order valence-corrected chi connectivity index (χ2v) is 4.98. The summed E-state index contributed by atoms with van der Waals surface area (Å²) >= 11 is 0. The second-order valence-electron chi connectivity index (χ2n) is 4.98. The lowest BCUT2D eigenvalue weighted by Gasteiger charge is -2.38. The third kappa shape index (κ3) is 1.59. The van der Waals surface area contributed by atoms with Crippen LogP contribution in [0.5, 0.6) is 0 Å². The number of fused-ring (bicyclic) bond motifs is 2. The highest BCUT2D eigenvalue weighted by Crippen LogP contribution is 2.54. The molecule has 2 aliphatic rings. The molecule has 2 rings (SSSR count). The van der Waals surface area contributed by atoms with Gasteiger partial charge in [0.1, 0.15) is 0 Å². The standard InChI is InChI=1S/C12H22O2/c1-3-11(13)14-12(4-2)8-9-5-6-10(12)7-9/h9-11,13H,3-8H2,1-2H3. The Balaban J connectivity index is 2.03. The number of aliphatic hydroxyl groups excluding tert-OH is 1. The van der Waals surface area contributed by atoms with Gasteiger partial charge in [0, 0.05) is 0 Å². The highest BCUT2D eigenvalue weighted by atomic mass is 16.6. The van der Waals surface area contributed by atoms with E-state index in [-0.39, 0.29) is 5.60 Å². The van der Waals surface area contributed by atoms with E-state index in [2.05, 4.69) is 6.92 Å². The molecule has 82 valence electrons. The molecule has 0 saturated heterocycles. The molecule has 4 atom stereocenters. The zero-order valence-electron chi connectivity index (χ0n) is 9.33. The maximum atomic E-state index is 9.62. The van der Waals surface area contributed by atoms with Gasteiger partial charge in [0.2, 0.25) is 0 Å².